The quantitative estimate of drug-likeness (QED) is 0.495. The highest BCUT2D eigenvalue weighted by Crippen LogP contribution is 2.40. The molecule has 8 heteroatoms. The van der Waals surface area contributed by atoms with Gasteiger partial charge in [0.1, 0.15) is 11.9 Å². The number of carbonyl (C=O) groups is 1. The van der Waals surface area contributed by atoms with Crippen molar-refractivity contribution >= 4 is 39.4 Å². The number of nitrogens with one attached hydrogen (secondary N) is 1. The summed E-state index contributed by atoms with van der Waals surface area (Å²) in [7, 11) is 0. The summed E-state index contributed by atoms with van der Waals surface area (Å²) in [4.78, 5) is 17.5. The molecule has 1 atom stereocenters. The molecule has 0 bridgehead atoms. The van der Waals surface area contributed by atoms with Crippen molar-refractivity contribution in [2.24, 2.45) is 0 Å². The highest BCUT2D eigenvalue weighted by atomic mass is 79.9. The second-order valence-electron chi connectivity index (χ2n) is 7.33. The summed E-state index contributed by atoms with van der Waals surface area (Å²) in [6, 6.07) is 14.1. The molecule has 0 unspecified atom stereocenters. The first-order chi connectivity index (χ1) is 14.6. The molecule has 5 rings (SSSR count). The maximum absolute atomic E-state index is 13.1. The molecule has 30 heavy (non-hydrogen) atoms. The zero-order valence-corrected chi connectivity index (χ0v) is 18.3. The number of hydrogen-bond donors (Lipinski definition) is 1. The summed E-state index contributed by atoms with van der Waals surface area (Å²) in [5.74, 6) is 1.21. The molecule has 0 spiro atoms. The molecule has 5 nitrogen and oxygen atoms in total. The van der Waals surface area contributed by atoms with Gasteiger partial charge in [-0.05, 0) is 48.2 Å². The molecular formula is C22H18BrFN4OS. The average Bonchev–Trinajstić information content (AvgIpc) is 3.15. The monoisotopic (exact) mass is 484 g/mol. The van der Waals surface area contributed by atoms with E-state index < -0.39 is 0 Å². The molecule has 1 N–H and O–H groups in total. The van der Waals surface area contributed by atoms with Crippen molar-refractivity contribution in [2.75, 3.05) is 5.32 Å². The third kappa shape index (κ3) is 3.70. The van der Waals surface area contributed by atoms with Crippen LogP contribution in [0.3, 0.4) is 0 Å². The molecule has 1 aromatic heterocycles. The molecule has 2 aliphatic rings. The standard InChI is InChI=1S/C22H18BrFN4OS/c23-15-8-6-14(7-9-15)20-19-17(2-1-3-18(19)29)25-21-26-22(27-28(20)21)30-12-13-4-10-16(24)11-5-13/h4-11,20H,1-3,12H2,(H,25,26,27)/t20-/m0/s1. The van der Waals surface area contributed by atoms with E-state index in [0.29, 0.717) is 23.3 Å². The van der Waals surface area contributed by atoms with Gasteiger partial charge in [-0.2, -0.15) is 4.98 Å². The van der Waals surface area contributed by atoms with Crippen molar-refractivity contribution in [3.63, 3.8) is 0 Å². The first kappa shape index (κ1) is 19.5. The number of halogens is 2. The van der Waals surface area contributed by atoms with Crippen molar-refractivity contribution < 1.29 is 9.18 Å². The van der Waals surface area contributed by atoms with Crippen molar-refractivity contribution in [1.82, 2.24) is 14.8 Å². The van der Waals surface area contributed by atoms with Crippen LogP contribution in [0.5, 0.6) is 0 Å². The third-order valence-corrected chi connectivity index (χ3v) is 6.75. The van der Waals surface area contributed by atoms with Crippen LogP contribution in [0.25, 0.3) is 0 Å². The van der Waals surface area contributed by atoms with Gasteiger partial charge in [-0.25, -0.2) is 9.07 Å². The zero-order valence-electron chi connectivity index (χ0n) is 15.9. The van der Waals surface area contributed by atoms with E-state index in [2.05, 4.69) is 26.2 Å². The third-order valence-electron chi connectivity index (χ3n) is 5.32. The zero-order chi connectivity index (χ0) is 20.7. The Balaban J connectivity index is 1.49. The number of hydrogen-bond acceptors (Lipinski definition) is 5. The lowest BCUT2D eigenvalue weighted by atomic mass is 9.85. The molecular weight excluding hydrogens is 467 g/mol. The second kappa shape index (κ2) is 8.00. The molecule has 3 aromatic rings. The van der Waals surface area contributed by atoms with Gasteiger partial charge < -0.3 is 5.32 Å². The SMILES string of the molecule is O=C1CCCC2=C1[C@H](c1ccc(Br)cc1)n1nc(SCc3ccc(F)cc3)nc1N2. The Morgan fingerprint density at radius 2 is 1.90 bits per heavy atom. The summed E-state index contributed by atoms with van der Waals surface area (Å²) in [6.45, 7) is 0. The lowest BCUT2D eigenvalue weighted by molar-refractivity contribution is -0.116. The Morgan fingerprint density at radius 3 is 2.67 bits per heavy atom. The van der Waals surface area contributed by atoms with Gasteiger partial charge in [0.15, 0.2) is 5.78 Å². The van der Waals surface area contributed by atoms with Crippen LogP contribution in [0.15, 0.2) is 69.4 Å². The lowest BCUT2D eigenvalue weighted by Gasteiger charge is -2.32. The summed E-state index contributed by atoms with van der Waals surface area (Å²) in [5, 5.41) is 8.69. The maximum atomic E-state index is 13.1. The van der Waals surface area contributed by atoms with Crippen LogP contribution in [0.2, 0.25) is 0 Å². The van der Waals surface area contributed by atoms with Crippen molar-refractivity contribution in [3.05, 3.63) is 81.2 Å². The summed E-state index contributed by atoms with van der Waals surface area (Å²) in [5.41, 5.74) is 3.74. The van der Waals surface area contributed by atoms with Crippen molar-refractivity contribution in [2.45, 2.75) is 36.2 Å². The van der Waals surface area contributed by atoms with Gasteiger partial charge >= 0.3 is 0 Å². The first-order valence-corrected chi connectivity index (χ1v) is 11.5. The molecule has 0 saturated heterocycles. The van der Waals surface area contributed by atoms with Crippen LogP contribution in [0, 0.1) is 5.82 Å². The number of nitrogens with zero attached hydrogens (tertiary/aromatic N) is 3. The van der Waals surface area contributed by atoms with E-state index in [0.717, 1.165) is 39.7 Å². The van der Waals surface area contributed by atoms with E-state index in [1.807, 2.05) is 28.9 Å². The van der Waals surface area contributed by atoms with Crippen LogP contribution in [-0.2, 0) is 10.5 Å². The van der Waals surface area contributed by atoms with Gasteiger partial charge in [0.2, 0.25) is 11.1 Å². The Hall–Kier alpha value is -2.45. The van der Waals surface area contributed by atoms with Crippen molar-refractivity contribution in [3.8, 4) is 0 Å². The fourth-order valence-corrected chi connectivity index (χ4v) is 4.93. The minimum absolute atomic E-state index is 0.165. The molecule has 0 saturated carbocycles. The number of anilines is 1. The first-order valence-electron chi connectivity index (χ1n) is 9.71. The number of fused-ring (bicyclic) bond motifs is 1. The molecule has 1 aliphatic carbocycles. The molecule has 0 amide bonds. The second-order valence-corrected chi connectivity index (χ2v) is 9.18. The number of rotatable bonds is 4. The van der Waals surface area contributed by atoms with E-state index in [1.54, 1.807) is 12.1 Å². The van der Waals surface area contributed by atoms with Gasteiger partial charge in [0.05, 0.1) is 0 Å². The molecule has 2 aromatic carbocycles. The van der Waals surface area contributed by atoms with Crippen LogP contribution in [-0.4, -0.2) is 20.5 Å². The minimum atomic E-state index is -0.287. The number of Topliss-reactive ketones (excluding diaryl/α,β-unsaturated/α-hetero) is 1. The predicted octanol–water partition coefficient (Wildman–Crippen LogP) is 5.49. The molecule has 1 aliphatic heterocycles. The lowest BCUT2D eigenvalue weighted by Crippen LogP contribution is -2.31. The Labute approximate surface area is 185 Å². The summed E-state index contributed by atoms with van der Waals surface area (Å²) < 4.78 is 15.9. The normalized spacial score (nSPS) is 18.1. The minimum Gasteiger partial charge on any atom is -0.328 e. The number of aromatic nitrogens is 3. The fourth-order valence-electron chi connectivity index (χ4n) is 3.88. The number of thioether (sulfide) groups is 1. The topological polar surface area (TPSA) is 59.8 Å². The van der Waals surface area contributed by atoms with Gasteiger partial charge in [-0.3, -0.25) is 4.79 Å². The van der Waals surface area contributed by atoms with Crippen molar-refractivity contribution in [1.29, 1.82) is 0 Å². The van der Waals surface area contributed by atoms with Crippen LogP contribution < -0.4 is 5.32 Å². The van der Waals surface area contributed by atoms with E-state index in [9.17, 15) is 9.18 Å². The van der Waals surface area contributed by atoms with E-state index in [-0.39, 0.29) is 17.6 Å². The van der Waals surface area contributed by atoms with Gasteiger partial charge in [0.25, 0.3) is 0 Å². The Morgan fingerprint density at radius 1 is 1.13 bits per heavy atom. The highest BCUT2D eigenvalue weighted by molar-refractivity contribution is 9.10. The molecule has 152 valence electrons. The van der Waals surface area contributed by atoms with Gasteiger partial charge in [-0.15, -0.1) is 5.10 Å². The largest absolute Gasteiger partial charge is 0.328 e. The smallest absolute Gasteiger partial charge is 0.227 e. The molecule has 0 fully saturated rings. The number of benzene rings is 2. The Kier molecular flexibility index (Phi) is 5.20. The highest BCUT2D eigenvalue weighted by Gasteiger charge is 2.36. The number of allylic oxidation sites excluding steroid dienone is 2. The van der Waals surface area contributed by atoms with Crippen LogP contribution >= 0.6 is 27.7 Å². The molecule has 0 radical (unpaired) electrons. The Bertz CT molecular complexity index is 1140. The van der Waals surface area contributed by atoms with Gasteiger partial charge in [0, 0.05) is 27.9 Å². The van der Waals surface area contributed by atoms with E-state index in [1.165, 1.54) is 23.9 Å². The summed E-state index contributed by atoms with van der Waals surface area (Å²) in [6.07, 6.45) is 2.24. The van der Waals surface area contributed by atoms with E-state index in [4.69, 9.17) is 5.10 Å². The van der Waals surface area contributed by atoms with Crippen LogP contribution in [0.4, 0.5) is 10.3 Å². The fraction of sp³-hybridized carbons (Fsp3) is 0.227. The maximum Gasteiger partial charge on any atom is 0.227 e. The molecule has 2 heterocycles. The average molecular weight is 485 g/mol. The van der Waals surface area contributed by atoms with Crippen LogP contribution in [0.1, 0.15) is 36.4 Å². The predicted molar refractivity (Wildman–Crippen MR) is 118 cm³/mol. The van der Waals surface area contributed by atoms with E-state index >= 15 is 0 Å². The summed E-state index contributed by atoms with van der Waals surface area (Å²) >= 11 is 4.97. The number of carbonyl (C=O) groups excluding carboxylic acids is 1. The number of ketones is 1. The van der Waals surface area contributed by atoms with Gasteiger partial charge in [-0.1, -0.05) is 52.0 Å².